The molecule has 0 N–H and O–H groups in total. The van der Waals surface area contributed by atoms with Crippen LogP contribution in [-0.4, -0.2) is 22.1 Å². The minimum absolute atomic E-state index is 0.0990. The van der Waals surface area contributed by atoms with Crippen LogP contribution >= 0.6 is 0 Å². The summed E-state index contributed by atoms with van der Waals surface area (Å²) in [5.41, 5.74) is 0. The SMILES string of the molecule is C=CC(C=C)C1([SiH3])CCCCO1. The van der Waals surface area contributed by atoms with Crippen molar-refractivity contribution in [2.45, 2.75) is 24.5 Å². The van der Waals surface area contributed by atoms with Crippen molar-refractivity contribution >= 4 is 10.2 Å². The van der Waals surface area contributed by atoms with Crippen LogP contribution in [-0.2, 0) is 4.74 Å². The molecule has 2 heteroatoms. The summed E-state index contributed by atoms with van der Waals surface area (Å²) in [5.74, 6) is 0.351. The molecule has 1 saturated heterocycles. The Morgan fingerprint density at radius 2 is 2.00 bits per heavy atom. The lowest BCUT2D eigenvalue weighted by molar-refractivity contribution is -0.0331. The summed E-state index contributed by atoms with van der Waals surface area (Å²) in [7, 11) is 1.07. The molecule has 1 unspecified atom stereocenters. The molecule has 1 fully saturated rings. The van der Waals surface area contributed by atoms with E-state index in [1.807, 2.05) is 12.2 Å². The third-order valence-electron chi connectivity index (χ3n) is 2.71. The Kier molecular flexibility index (Phi) is 3.29. The molecule has 0 amide bonds. The first-order valence-corrected chi connectivity index (χ1v) is 5.62. The van der Waals surface area contributed by atoms with E-state index in [-0.39, 0.29) is 5.22 Å². The first-order chi connectivity index (χ1) is 5.73. The maximum Gasteiger partial charge on any atom is 0.0580 e. The molecule has 0 saturated carbocycles. The van der Waals surface area contributed by atoms with Crippen LogP contribution in [0.1, 0.15) is 19.3 Å². The third-order valence-corrected chi connectivity index (χ3v) is 4.17. The topological polar surface area (TPSA) is 9.23 Å². The van der Waals surface area contributed by atoms with Gasteiger partial charge in [0.2, 0.25) is 0 Å². The lowest BCUT2D eigenvalue weighted by Crippen LogP contribution is -2.42. The van der Waals surface area contributed by atoms with Crippen molar-refractivity contribution in [3.05, 3.63) is 25.3 Å². The molecule has 0 aromatic carbocycles. The molecular weight excluding hydrogens is 164 g/mol. The number of hydrogen-bond donors (Lipinski definition) is 0. The maximum absolute atomic E-state index is 5.83. The molecule has 0 spiro atoms. The largest absolute Gasteiger partial charge is 0.379 e. The van der Waals surface area contributed by atoms with E-state index in [4.69, 9.17) is 4.74 Å². The second kappa shape index (κ2) is 4.05. The van der Waals surface area contributed by atoms with Gasteiger partial charge in [0.1, 0.15) is 0 Å². The molecule has 0 aliphatic carbocycles. The number of ether oxygens (including phenoxy) is 1. The molecule has 1 rings (SSSR count). The van der Waals surface area contributed by atoms with Crippen molar-refractivity contribution in [2.24, 2.45) is 5.92 Å². The number of rotatable bonds is 3. The van der Waals surface area contributed by atoms with Crippen LogP contribution in [0, 0.1) is 5.92 Å². The smallest absolute Gasteiger partial charge is 0.0580 e. The average Bonchev–Trinajstić information content (AvgIpc) is 2.07. The normalized spacial score (nSPS) is 30.4. The minimum Gasteiger partial charge on any atom is -0.379 e. The zero-order valence-electron chi connectivity index (χ0n) is 7.88. The highest BCUT2D eigenvalue weighted by Gasteiger charge is 2.32. The van der Waals surface area contributed by atoms with E-state index in [0.717, 1.165) is 16.8 Å². The predicted molar refractivity (Wildman–Crippen MR) is 56.4 cm³/mol. The molecular formula is C10H18OSi. The van der Waals surface area contributed by atoms with Gasteiger partial charge in [-0.25, -0.2) is 0 Å². The summed E-state index contributed by atoms with van der Waals surface area (Å²) in [4.78, 5) is 0. The van der Waals surface area contributed by atoms with E-state index in [1.165, 1.54) is 19.3 Å². The van der Waals surface area contributed by atoms with Gasteiger partial charge in [0.15, 0.2) is 0 Å². The maximum atomic E-state index is 5.83. The standard InChI is InChI=1S/C10H18OSi/c1-3-9(4-2)10(12)7-5-6-8-11-10/h3-4,9H,1-2,5-8H2,12H3. The van der Waals surface area contributed by atoms with Crippen molar-refractivity contribution in [1.29, 1.82) is 0 Å². The molecule has 0 radical (unpaired) electrons. The number of hydrogen-bond acceptors (Lipinski definition) is 1. The van der Waals surface area contributed by atoms with Crippen molar-refractivity contribution in [3.8, 4) is 0 Å². The molecule has 0 aromatic rings. The summed E-state index contributed by atoms with van der Waals surface area (Å²) < 4.78 is 5.83. The van der Waals surface area contributed by atoms with E-state index >= 15 is 0 Å². The van der Waals surface area contributed by atoms with Crippen LogP contribution in [0.4, 0.5) is 0 Å². The molecule has 1 aliphatic heterocycles. The second-order valence-electron chi connectivity index (χ2n) is 3.62. The Hall–Kier alpha value is -0.343. The second-order valence-corrected chi connectivity index (χ2v) is 5.31. The van der Waals surface area contributed by atoms with Crippen LogP contribution < -0.4 is 0 Å². The lowest BCUT2D eigenvalue weighted by Gasteiger charge is -2.38. The van der Waals surface area contributed by atoms with Gasteiger partial charge in [-0.3, -0.25) is 0 Å². The Morgan fingerprint density at radius 1 is 1.33 bits per heavy atom. The monoisotopic (exact) mass is 182 g/mol. The van der Waals surface area contributed by atoms with Crippen LogP contribution in [0.15, 0.2) is 25.3 Å². The predicted octanol–water partition coefficient (Wildman–Crippen LogP) is 1.24. The van der Waals surface area contributed by atoms with E-state index in [1.54, 1.807) is 0 Å². The first kappa shape index (κ1) is 9.74. The Bertz CT molecular complexity index is 163. The summed E-state index contributed by atoms with van der Waals surface area (Å²) in [5, 5.41) is 0.0990. The molecule has 0 aromatic heterocycles. The van der Waals surface area contributed by atoms with Crippen molar-refractivity contribution in [2.75, 3.05) is 6.61 Å². The summed E-state index contributed by atoms with van der Waals surface area (Å²) in [6.45, 7) is 8.56. The van der Waals surface area contributed by atoms with Crippen molar-refractivity contribution in [1.82, 2.24) is 0 Å². The van der Waals surface area contributed by atoms with Gasteiger partial charge in [0, 0.05) is 22.8 Å². The fourth-order valence-corrected chi connectivity index (χ4v) is 2.84. The van der Waals surface area contributed by atoms with Crippen LogP contribution in [0.5, 0.6) is 0 Å². The van der Waals surface area contributed by atoms with Gasteiger partial charge in [-0.15, -0.1) is 13.2 Å². The van der Waals surface area contributed by atoms with Gasteiger partial charge in [-0.2, -0.15) is 0 Å². The summed E-state index contributed by atoms with van der Waals surface area (Å²) in [6, 6.07) is 0. The fourth-order valence-electron chi connectivity index (χ4n) is 1.81. The fraction of sp³-hybridized carbons (Fsp3) is 0.600. The van der Waals surface area contributed by atoms with Crippen molar-refractivity contribution < 1.29 is 4.74 Å². The van der Waals surface area contributed by atoms with Gasteiger partial charge >= 0.3 is 0 Å². The molecule has 68 valence electrons. The molecule has 0 bridgehead atoms. The molecule has 12 heavy (non-hydrogen) atoms. The van der Waals surface area contributed by atoms with Crippen LogP contribution in [0.25, 0.3) is 0 Å². The summed E-state index contributed by atoms with van der Waals surface area (Å²) >= 11 is 0. The van der Waals surface area contributed by atoms with E-state index < -0.39 is 0 Å². The Balaban J connectivity index is 2.65. The highest BCUT2D eigenvalue weighted by atomic mass is 28.1. The highest BCUT2D eigenvalue weighted by Crippen LogP contribution is 2.30. The van der Waals surface area contributed by atoms with Gasteiger partial charge in [0.05, 0.1) is 5.22 Å². The molecule has 1 nitrogen and oxygen atoms in total. The minimum atomic E-state index is 0.0990. The van der Waals surface area contributed by atoms with Gasteiger partial charge in [-0.1, -0.05) is 12.2 Å². The molecule has 1 atom stereocenters. The van der Waals surface area contributed by atoms with Crippen molar-refractivity contribution in [3.63, 3.8) is 0 Å². The zero-order valence-corrected chi connectivity index (χ0v) is 9.88. The third kappa shape index (κ3) is 1.87. The summed E-state index contributed by atoms with van der Waals surface area (Å²) in [6.07, 6.45) is 7.62. The Morgan fingerprint density at radius 3 is 2.42 bits per heavy atom. The van der Waals surface area contributed by atoms with Gasteiger partial charge < -0.3 is 4.74 Å². The first-order valence-electron chi connectivity index (χ1n) is 4.62. The van der Waals surface area contributed by atoms with Crippen LogP contribution in [0.2, 0.25) is 0 Å². The van der Waals surface area contributed by atoms with E-state index in [2.05, 4.69) is 13.2 Å². The highest BCUT2D eigenvalue weighted by molar-refractivity contribution is 6.15. The zero-order chi connectivity index (χ0) is 9.03. The molecule has 1 aliphatic rings. The van der Waals surface area contributed by atoms with Gasteiger partial charge in [0.25, 0.3) is 0 Å². The lowest BCUT2D eigenvalue weighted by atomic mass is 9.95. The van der Waals surface area contributed by atoms with E-state index in [9.17, 15) is 0 Å². The average molecular weight is 182 g/mol. The van der Waals surface area contributed by atoms with Gasteiger partial charge in [-0.05, 0) is 19.3 Å². The quantitative estimate of drug-likeness (QED) is 0.471. The van der Waals surface area contributed by atoms with E-state index in [0.29, 0.717) is 5.92 Å². The Labute approximate surface area is 77.9 Å². The van der Waals surface area contributed by atoms with Crippen LogP contribution in [0.3, 0.4) is 0 Å². The molecule has 1 heterocycles.